The molecule has 1 aromatic carbocycles. The molecule has 3 unspecified atom stereocenters. The molecule has 1 aliphatic carbocycles. The Kier molecular flexibility index (Phi) is 3.77. The molecular formula is C17H21NO2. The van der Waals surface area contributed by atoms with Gasteiger partial charge in [0.15, 0.2) is 0 Å². The minimum Gasteiger partial charge on any atom is -0.446 e. The molecule has 0 saturated carbocycles. The van der Waals surface area contributed by atoms with E-state index in [9.17, 15) is 4.79 Å². The zero-order valence-corrected chi connectivity index (χ0v) is 11.9. The summed E-state index contributed by atoms with van der Waals surface area (Å²) in [4.78, 5) is 13.9. The van der Waals surface area contributed by atoms with E-state index in [1.807, 2.05) is 25.2 Å². The molecule has 1 heterocycles. The number of amides is 1. The first kappa shape index (κ1) is 13.2. The minimum atomic E-state index is -0.190. The van der Waals surface area contributed by atoms with Gasteiger partial charge in [-0.1, -0.05) is 42.5 Å². The number of hydrogen-bond donors (Lipinski definition) is 0. The second kappa shape index (κ2) is 5.70. The Hall–Kier alpha value is -1.77. The number of hydrogen-bond acceptors (Lipinski definition) is 2. The highest BCUT2D eigenvalue weighted by molar-refractivity contribution is 5.69. The van der Waals surface area contributed by atoms with Gasteiger partial charge < -0.3 is 9.64 Å². The smallest absolute Gasteiger partial charge is 0.410 e. The fraction of sp³-hybridized carbons (Fsp3) is 0.471. The Bertz CT molecular complexity index is 497. The Morgan fingerprint density at radius 2 is 1.80 bits per heavy atom. The summed E-state index contributed by atoms with van der Waals surface area (Å²) in [6.07, 6.45) is 8.39. The third-order valence-electron chi connectivity index (χ3n) is 4.43. The lowest BCUT2D eigenvalue weighted by Gasteiger charge is -2.44. The van der Waals surface area contributed by atoms with Crippen LogP contribution in [0, 0.1) is 5.92 Å². The fourth-order valence-electron chi connectivity index (χ4n) is 3.43. The lowest BCUT2D eigenvalue weighted by atomic mass is 9.80. The highest BCUT2D eigenvalue weighted by Crippen LogP contribution is 2.40. The summed E-state index contributed by atoms with van der Waals surface area (Å²) in [6, 6.07) is 10.5. The molecule has 1 aliphatic heterocycles. The molecule has 3 heteroatoms. The summed E-state index contributed by atoms with van der Waals surface area (Å²) in [6.45, 7) is 0. The van der Waals surface area contributed by atoms with Gasteiger partial charge in [-0.15, -0.1) is 0 Å². The Balaban J connectivity index is 1.94. The highest BCUT2D eigenvalue weighted by atomic mass is 16.6. The first-order valence-corrected chi connectivity index (χ1v) is 7.41. The Labute approximate surface area is 120 Å². The van der Waals surface area contributed by atoms with Crippen molar-refractivity contribution in [3.05, 3.63) is 48.0 Å². The summed E-state index contributed by atoms with van der Waals surface area (Å²) in [5, 5.41) is 0. The van der Waals surface area contributed by atoms with Gasteiger partial charge in [-0.05, 0) is 31.2 Å². The summed E-state index contributed by atoms with van der Waals surface area (Å²) >= 11 is 0. The molecule has 0 aromatic heterocycles. The number of carbonyl (C=O) groups is 1. The van der Waals surface area contributed by atoms with E-state index in [2.05, 4.69) is 24.3 Å². The van der Waals surface area contributed by atoms with Crippen molar-refractivity contribution >= 4 is 6.09 Å². The lowest BCUT2D eigenvalue weighted by molar-refractivity contribution is -0.0423. The fourth-order valence-corrected chi connectivity index (χ4v) is 3.43. The number of rotatable bonds is 1. The number of allylic oxidation sites excluding steroid dienone is 2. The van der Waals surface area contributed by atoms with Crippen LogP contribution >= 0.6 is 0 Å². The Morgan fingerprint density at radius 1 is 1.10 bits per heavy atom. The molecule has 1 aromatic rings. The first-order valence-electron chi connectivity index (χ1n) is 7.41. The van der Waals surface area contributed by atoms with Crippen molar-refractivity contribution in [2.45, 2.75) is 37.8 Å². The van der Waals surface area contributed by atoms with Gasteiger partial charge in [0.25, 0.3) is 0 Å². The average molecular weight is 271 g/mol. The summed E-state index contributed by atoms with van der Waals surface area (Å²) in [5.41, 5.74) is 1.21. The van der Waals surface area contributed by atoms with Crippen LogP contribution in [0.5, 0.6) is 0 Å². The van der Waals surface area contributed by atoms with Crippen LogP contribution < -0.4 is 0 Å². The van der Waals surface area contributed by atoms with Gasteiger partial charge in [0.05, 0.1) is 6.04 Å². The molecule has 20 heavy (non-hydrogen) atoms. The predicted molar refractivity (Wildman–Crippen MR) is 78.3 cm³/mol. The normalized spacial score (nSPS) is 31.8. The van der Waals surface area contributed by atoms with Crippen molar-refractivity contribution in [1.82, 2.24) is 4.90 Å². The lowest BCUT2D eigenvalue weighted by Crippen LogP contribution is -2.48. The molecule has 0 bridgehead atoms. The molecule has 3 nitrogen and oxygen atoms in total. The maximum absolute atomic E-state index is 12.1. The summed E-state index contributed by atoms with van der Waals surface area (Å²) in [5.74, 6) is 0.380. The molecular weight excluding hydrogens is 250 g/mol. The zero-order chi connectivity index (χ0) is 13.9. The zero-order valence-electron chi connectivity index (χ0n) is 11.9. The number of nitrogens with zero attached hydrogens (tertiary/aromatic N) is 1. The van der Waals surface area contributed by atoms with Crippen molar-refractivity contribution in [2.24, 2.45) is 5.92 Å². The molecule has 0 spiro atoms. The van der Waals surface area contributed by atoms with Crippen molar-refractivity contribution < 1.29 is 9.53 Å². The third kappa shape index (κ3) is 2.45. The summed E-state index contributed by atoms with van der Waals surface area (Å²) < 4.78 is 5.64. The van der Waals surface area contributed by atoms with E-state index in [1.54, 1.807) is 4.90 Å². The van der Waals surface area contributed by atoms with Crippen LogP contribution in [0.4, 0.5) is 4.79 Å². The second-order valence-corrected chi connectivity index (χ2v) is 5.68. The average Bonchev–Trinajstić information content (AvgIpc) is 2.45. The predicted octanol–water partition coefficient (Wildman–Crippen LogP) is 3.92. The third-order valence-corrected chi connectivity index (χ3v) is 4.43. The Morgan fingerprint density at radius 3 is 2.55 bits per heavy atom. The molecule has 106 valence electrons. The monoisotopic (exact) mass is 271 g/mol. The quantitative estimate of drug-likeness (QED) is 0.724. The molecule has 1 fully saturated rings. The van der Waals surface area contributed by atoms with Crippen molar-refractivity contribution in [3.63, 3.8) is 0 Å². The van der Waals surface area contributed by atoms with Crippen molar-refractivity contribution in [1.29, 1.82) is 0 Å². The SMILES string of the molecule is CN1C(=O)OC2CC/C=C\CCC2C1c1ccccc1. The molecule has 1 saturated heterocycles. The molecule has 3 atom stereocenters. The van der Waals surface area contributed by atoms with E-state index in [-0.39, 0.29) is 18.2 Å². The summed E-state index contributed by atoms with van der Waals surface area (Å²) in [7, 11) is 1.85. The number of carbonyl (C=O) groups excluding carboxylic acids is 1. The van der Waals surface area contributed by atoms with Gasteiger partial charge >= 0.3 is 6.09 Å². The number of benzene rings is 1. The van der Waals surface area contributed by atoms with E-state index >= 15 is 0 Å². The van der Waals surface area contributed by atoms with Crippen molar-refractivity contribution in [3.8, 4) is 0 Å². The van der Waals surface area contributed by atoms with Gasteiger partial charge in [-0.3, -0.25) is 0 Å². The van der Waals surface area contributed by atoms with E-state index in [1.165, 1.54) is 5.56 Å². The largest absolute Gasteiger partial charge is 0.446 e. The van der Waals surface area contributed by atoms with Gasteiger partial charge in [-0.2, -0.15) is 0 Å². The van der Waals surface area contributed by atoms with Crippen LogP contribution in [-0.4, -0.2) is 24.1 Å². The number of ether oxygens (including phenoxy) is 1. The molecule has 1 amide bonds. The van der Waals surface area contributed by atoms with Crippen molar-refractivity contribution in [2.75, 3.05) is 7.05 Å². The van der Waals surface area contributed by atoms with Gasteiger partial charge in [0.1, 0.15) is 6.10 Å². The maximum atomic E-state index is 12.1. The topological polar surface area (TPSA) is 29.5 Å². The first-order chi connectivity index (χ1) is 9.77. The van der Waals surface area contributed by atoms with Crippen LogP contribution in [0.3, 0.4) is 0 Å². The molecule has 2 aliphatic rings. The van der Waals surface area contributed by atoms with Crippen LogP contribution in [0.1, 0.15) is 37.3 Å². The molecule has 0 N–H and O–H groups in total. The van der Waals surface area contributed by atoms with E-state index in [0.717, 1.165) is 25.7 Å². The van der Waals surface area contributed by atoms with Crippen LogP contribution in [0.15, 0.2) is 42.5 Å². The van der Waals surface area contributed by atoms with Crippen LogP contribution in [-0.2, 0) is 4.74 Å². The van der Waals surface area contributed by atoms with Gasteiger partial charge in [0, 0.05) is 13.0 Å². The molecule has 3 rings (SSSR count). The highest BCUT2D eigenvalue weighted by Gasteiger charge is 2.42. The molecule has 0 radical (unpaired) electrons. The van der Waals surface area contributed by atoms with E-state index in [0.29, 0.717) is 5.92 Å². The van der Waals surface area contributed by atoms with Crippen LogP contribution in [0.25, 0.3) is 0 Å². The van der Waals surface area contributed by atoms with E-state index in [4.69, 9.17) is 4.74 Å². The number of fused-ring (bicyclic) bond motifs is 1. The standard InChI is InChI=1S/C17H21NO2/c1-18-16(13-9-5-4-6-10-13)14-11-7-2-3-8-12-15(14)20-17(18)19/h2-6,9-10,14-16H,7-8,11-12H2,1H3/b3-2-. The van der Waals surface area contributed by atoms with Gasteiger partial charge in [0.2, 0.25) is 0 Å². The minimum absolute atomic E-state index is 0.0499. The van der Waals surface area contributed by atoms with Crippen LogP contribution in [0.2, 0.25) is 0 Å². The van der Waals surface area contributed by atoms with E-state index < -0.39 is 0 Å². The second-order valence-electron chi connectivity index (χ2n) is 5.68. The van der Waals surface area contributed by atoms with Gasteiger partial charge in [-0.25, -0.2) is 4.79 Å². The maximum Gasteiger partial charge on any atom is 0.410 e.